The van der Waals surface area contributed by atoms with Gasteiger partial charge in [-0.05, 0) is 24.1 Å². The molecule has 1 aromatic carbocycles. The van der Waals surface area contributed by atoms with Gasteiger partial charge < -0.3 is 15.9 Å². The molecule has 1 aromatic heterocycles. The highest BCUT2D eigenvalue weighted by molar-refractivity contribution is 6.31. The van der Waals surface area contributed by atoms with Gasteiger partial charge in [0.25, 0.3) is 6.43 Å². The number of alkyl halides is 3. The summed E-state index contributed by atoms with van der Waals surface area (Å²) in [5.41, 5.74) is 2.68. The van der Waals surface area contributed by atoms with Crippen LogP contribution in [0, 0.1) is 6.92 Å². The lowest BCUT2D eigenvalue weighted by Crippen LogP contribution is -2.43. The minimum absolute atomic E-state index is 0.00695. The minimum atomic E-state index is -3.54. The standard InChI is InChI=1S/C14H13ClF3N3O2/c1-6-2-3-7(14(23,12(16)17)13(18)22)4-8(6)9-5-20-11(19)10(15)21-9/h2-5,12-13,22-23H,1H3,(H2,19,20)/t13-,14?/m1/s1. The molecule has 2 rings (SSSR count). The van der Waals surface area contributed by atoms with E-state index in [9.17, 15) is 18.3 Å². The highest BCUT2D eigenvalue weighted by Crippen LogP contribution is 2.36. The molecule has 0 bridgehead atoms. The number of aliphatic hydroxyl groups is 2. The smallest absolute Gasteiger partial charge is 0.276 e. The lowest BCUT2D eigenvalue weighted by atomic mass is 9.90. The molecule has 0 fully saturated rings. The van der Waals surface area contributed by atoms with Crippen LogP contribution < -0.4 is 5.73 Å². The van der Waals surface area contributed by atoms with Crippen LogP contribution in [0.5, 0.6) is 0 Å². The van der Waals surface area contributed by atoms with Gasteiger partial charge in [-0.1, -0.05) is 23.7 Å². The molecule has 0 saturated heterocycles. The summed E-state index contributed by atoms with van der Waals surface area (Å²) in [6, 6.07) is 3.58. The van der Waals surface area contributed by atoms with Gasteiger partial charge in [-0.25, -0.2) is 23.1 Å². The Bertz CT molecular complexity index is 720. The largest absolute Gasteiger partial charge is 0.381 e. The fraction of sp³-hybridized carbons (Fsp3) is 0.286. The highest BCUT2D eigenvalue weighted by atomic mass is 35.5. The van der Waals surface area contributed by atoms with E-state index in [-0.39, 0.29) is 22.2 Å². The Kier molecular flexibility index (Phi) is 4.79. The van der Waals surface area contributed by atoms with E-state index in [0.717, 1.165) is 12.1 Å². The van der Waals surface area contributed by atoms with E-state index in [1.54, 1.807) is 6.92 Å². The van der Waals surface area contributed by atoms with Crippen molar-refractivity contribution in [3.63, 3.8) is 0 Å². The van der Waals surface area contributed by atoms with E-state index in [2.05, 4.69) is 9.97 Å². The molecule has 124 valence electrons. The van der Waals surface area contributed by atoms with E-state index >= 15 is 0 Å². The summed E-state index contributed by atoms with van der Waals surface area (Å²) >= 11 is 5.78. The van der Waals surface area contributed by atoms with Gasteiger partial charge in [0.2, 0.25) is 12.0 Å². The number of aryl methyl sites for hydroxylation is 1. The monoisotopic (exact) mass is 347 g/mol. The molecule has 23 heavy (non-hydrogen) atoms. The number of halogens is 4. The summed E-state index contributed by atoms with van der Waals surface area (Å²) in [5.74, 6) is -0.00695. The third-order valence-electron chi connectivity index (χ3n) is 3.43. The van der Waals surface area contributed by atoms with Gasteiger partial charge >= 0.3 is 0 Å². The molecule has 1 heterocycles. The number of aliphatic hydroxyl groups excluding tert-OH is 1. The van der Waals surface area contributed by atoms with Crippen molar-refractivity contribution in [3.05, 3.63) is 40.7 Å². The predicted octanol–water partition coefficient (Wildman–Crippen LogP) is 2.43. The maximum absolute atomic E-state index is 13.2. The Morgan fingerprint density at radius 1 is 1.30 bits per heavy atom. The molecule has 0 saturated carbocycles. The number of hydrogen-bond acceptors (Lipinski definition) is 5. The van der Waals surface area contributed by atoms with Crippen LogP contribution in [-0.2, 0) is 5.60 Å². The first-order chi connectivity index (χ1) is 10.7. The molecular weight excluding hydrogens is 335 g/mol. The number of rotatable bonds is 4. The van der Waals surface area contributed by atoms with E-state index in [0.29, 0.717) is 5.56 Å². The molecule has 4 N–H and O–H groups in total. The zero-order valence-electron chi connectivity index (χ0n) is 11.8. The average molecular weight is 348 g/mol. The molecule has 5 nitrogen and oxygen atoms in total. The van der Waals surface area contributed by atoms with E-state index in [4.69, 9.17) is 22.4 Å². The lowest BCUT2D eigenvalue weighted by molar-refractivity contribution is -0.211. The molecule has 9 heteroatoms. The Balaban J connectivity index is 2.61. The van der Waals surface area contributed by atoms with E-state index < -0.39 is 23.9 Å². The van der Waals surface area contributed by atoms with Crippen LogP contribution in [0.4, 0.5) is 19.0 Å². The average Bonchev–Trinajstić information content (AvgIpc) is 2.49. The van der Waals surface area contributed by atoms with Crippen LogP contribution in [0.3, 0.4) is 0 Å². The molecule has 0 spiro atoms. The third-order valence-corrected chi connectivity index (χ3v) is 3.71. The Morgan fingerprint density at radius 3 is 2.48 bits per heavy atom. The molecule has 0 amide bonds. The van der Waals surface area contributed by atoms with Crippen LogP contribution in [0.1, 0.15) is 11.1 Å². The number of hydrogen-bond donors (Lipinski definition) is 3. The van der Waals surface area contributed by atoms with Crippen molar-refractivity contribution in [3.8, 4) is 11.3 Å². The van der Waals surface area contributed by atoms with Gasteiger partial charge in [0.1, 0.15) is 0 Å². The zero-order chi connectivity index (χ0) is 17.4. The number of nitrogen functional groups attached to an aromatic ring is 1. The quantitative estimate of drug-likeness (QED) is 0.790. The maximum atomic E-state index is 13.2. The zero-order valence-corrected chi connectivity index (χ0v) is 12.6. The van der Waals surface area contributed by atoms with Crippen molar-refractivity contribution < 1.29 is 23.4 Å². The first kappa shape index (κ1) is 17.5. The molecule has 2 aromatic rings. The lowest BCUT2D eigenvalue weighted by Gasteiger charge is -2.28. The second-order valence-electron chi connectivity index (χ2n) is 4.92. The van der Waals surface area contributed by atoms with Crippen molar-refractivity contribution in [1.29, 1.82) is 0 Å². The van der Waals surface area contributed by atoms with Crippen LogP contribution in [0.15, 0.2) is 24.4 Å². The minimum Gasteiger partial charge on any atom is -0.381 e. The number of anilines is 1. The van der Waals surface area contributed by atoms with E-state index in [1.165, 1.54) is 12.3 Å². The molecule has 2 atom stereocenters. The fourth-order valence-corrected chi connectivity index (χ4v) is 2.16. The van der Waals surface area contributed by atoms with Crippen molar-refractivity contribution in [2.24, 2.45) is 0 Å². The Hall–Kier alpha value is -1.90. The van der Waals surface area contributed by atoms with Crippen molar-refractivity contribution in [1.82, 2.24) is 9.97 Å². The topological polar surface area (TPSA) is 92.3 Å². The van der Waals surface area contributed by atoms with Crippen LogP contribution in [0.2, 0.25) is 5.15 Å². The Labute approximate surface area is 134 Å². The summed E-state index contributed by atoms with van der Waals surface area (Å²) < 4.78 is 39.3. The van der Waals surface area contributed by atoms with Crippen molar-refractivity contribution in [2.45, 2.75) is 25.3 Å². The van der Waals surface area contributed by atoms with Gasteiger partial charge in [-0.2, -0.15) is 0 Å². The SMILES string of the molecule is Cc1ccc(C(O)(C(F)F)[C@@H](O)F)cc1-c1cnc(N)c(Cl)n1. The molecular formula is C14H13ClF3N3O2. The Morgan fingerprint density at radius 2 is 1.96 bits per heavy atom. The number of benzene rings is 1. The number of nitrogens with two attached hydrogens (primary N) is 1. The van der Waals surface area contributed by atoms with Gasteiger partial charge in [-0.15, -0.1) is 0 Å². The summed E-state index contributed by atoms with van der Waals surface area (Å²) in [6.07, 6.45) is -5.45. The second kappa shape index (κ2) is 6.31. The fourth-order valence-electron chi connectivity index (χ4n) is 2.02. The van der Waals surface area contributed by atoms with Crippen LogP contribution >= 0.6 is 11.6 Å². The van der Waals surface area contributed by atoms with Gasteiger partial charge in [0, 0.05) is 5.56 Å². The first-order valence-corrected chi connectivity index (χ1v) is 6.78. The molecule has 0 aliphatic rings. The summed E-state index contributed by atoms with van der Waals surface area (Å²) in [4.78, 5) is 7.78. The molecule has 0 aliphatic carbocycles. The summed E-state index contributed by atoms with van der Waals surface area (Å²) in [7, 11) is 0. The van der Waals surface area contributed by atoms with Crippen molar-refractivity contribution >= 4 is 17.4 Å². The normalized spacial score (nSPS) is 15.5. The maximum Gasteiger partial charge on any atom is 0.276 e. The highest BCUT2D eigenvalue weighted by Gasteiger charge is 2.47. The summed E-state index contributed by atoms with van der Waals surface area (Å²) in [6.45, 7) is 1.65. The third kappa shape index (κ3) is 3.10. The van der Waals surface area contributed by atoms with Crippen LogP contribution in [0.25, 0.3) is 11.3 Å². The van der Waals surface area contributed by atoms with E-state index in [1.807, 2.05) is 0 Å². The van der Waals surface area contributed by atoms with Gasteiger partial charge in [0.15, 0.2) is 11.0 Å². The number of nitrogens with zero attached hydrogens (tertiary/aromatic N) is 2. The molecule has 0 aliphatic heterocycles. The first-order valence-electron chi connectivity index (χ1n) is 6.40. The van der Waals surface area contributed by atoms with Gasteiger partial charge in [-0.3, -0.25) is 0 Å². The number of aromatic nitrogens is 2. The summed E-state index contributed by atoms with van der Waals surface area (Å²) in [5, 5.41) is 18.7. The van der Waals surface area contributed by atoms with Crippen molar-refractivity contribution in [2.75, 3.05) is 5.73 Å². The molecule has 1 unspecified atom stereocenters. The van der Waals surface area contributed by atoms with Gasteiger partial charge in [0.05, 0.1) is 11.9 Å². The second-order valence-corrected chi connectivity index (χ2v) is 5.28. The predicted molar refractivity (Wildman–Crippen MR) is 78.6 cm³/mol. The molecule has 0 radical (unpaired) electrons. The van der Waals surface area contributed by atoms with Crippen LogP contribution in [-0.4, -0.2) is 33.0 Å².